The van der Waals surface area contributed by atoms with Crippen molar-refractivity contribution >= 4 is 6.71 Å². The van der Waals surface area contributed by atoms with Gasteiger partial charge < -0.3 is 0 Å². The number of rotatable bonds is 8. The van der Waals surface area contributed by atoms with E-state index in [9.17, 15) is 0 Å². The Kier molecular flexibility index (Phi) is 2.44. The molecule has 7 unspecified atom stereocenters. The fourth-order valence-corrected chi connectivity index (χ4v) is 7.87. The minimum absolute atomic E-state index is 0.884. The van der Waals surface area contributed by atoms with Crippen LogP contribution in [0, 0.1) is 23.2 Å². The second kappa shape index (κ2) is 3.88. The van der Waals surface area contributed by atoms with Crippen molar-refractivity contribution in [2.75, 3.05) is 0 Å². The Balaban J connectivity index is 1.07. The second-order valence-electron chi connectivity index (χ2n) is 9.15. The Labute approximate surface area is 125 Å². The number of hydrogen-bond acceptors (Lipinski definition) is 0. The molecule has 0 amide bonds. The lowest BCUT2D eigenvalue weighted by Crippen LogP contribution is -2.38. The van der Waals surface area contributed by atoms with E-state index in [1.807, 2.05) is 0 Å². The first kappa shape index (κ1) is 12.6. The predicted molar refractivity (Wildman–Crippen MR) is 86.4 cm³/mol. The van der Waals surface area contributed by atoms with Gasteiger partial charge >= 0.3 is 0 Å². The summed E-state index contributed by atoms with van der Waals surface area (Å²) in [6.45, 7) is 6.00. The number of fused-ring (bicyclic) bond motifs is 1. The fraction of sp³-hybridized carbons (Fsp3) is 1.00. The molecule has 3 aliphatic carbocycles. The first-order chi connectivity index (χ1) is 9.79. The molecular weight excluding hydrogens is 239 g/mol. The van der Waals surface area contributed by atoms with E-state index in [1.165, 1.54) is 43.1 Å². The van der Waals surface area contributed by atoms with E-state index >= 15 is 0 Å². The molecule has 5 aliphatic rings. The SMILES string of the molecule is CCCC1(CCCCC2C3CC4CCC423)B2C(CC)C21. The molecule has 20 heavy (non-hydrogen) atoms. The van der Waals surface area contributed by atoms with Crippen LogP contribution in [0.25, 0.3) is 0 Å². The zero-order valence-electron chi connectivity index (χ0n) is 13.5. The van der Waals surface area contributed by atoms with Crippen molar-refractivity contribution in [3.8, 4) is 0 Å². The molecular formula is C19H31B. The lowest BCUT2D eigenvalue weighted by atomic mass is 9.56. The minimum Gasteiger partial charge on any atom is -0.0659 e. The van der Waals surface area contributed by atoms with Gasteiger partial charge in [0.25, 0.3) is 0 Å². The summed E-state index contributed by atoms with van der Waals surface area (Å²) in [7, 11) is 0. The maximum absolute atomic E-state index is 2.41. The third-order valence-corrected chi connectivity index (χ3v) is 8.96. The first-order valence-corrected chi connectivity index (χ1v) is 9.79. The van der Waals surface area contributed by atoms with Gasteiger partial charge in [-0.05, 0) is 48.9 Å². The van der Waals surface area contributed by atoms with Gasteiger partial charge in [-0.15, -0.1) is 0 Å². The molecule has 0 radical (unpaired) electrons. The summed E-state index contributed by atoms with van der Waals surface area (Å²) in [5, 5.41) is 0.884. The molecule has 2 heterocycles. The van der Waals surface area contributed by atoms with Crippen LogP contribution in [0.3, 0.4) is 0 Å². The highest BCUT2D eigenvalue weighted by Crippen LogP contribution is 2.91. The summed E-state index contributed by atoms with van der Waals surface area (Å²) >= 11 is 0. The van der Waals surface area contributed by atoms with Crippen LogP contribution in [0.4, 0.5) is 0 Å². The summed E-state index contributed by atoms with van der Waals surface area (Å²) in [5.74, 6) is 6.00. The van der Waals surface area contributed by atoms with E-state index in [4.69, 9.17) is 0 Å². The van der Waals surface area contributed by atoms with E-state index in [-0.39, 0.29) is 0 Å². The van der Waals surface area contributed by atoms with Crippen LogP contribution in [-0.4, -0.2) is 6.71 Å². The molecule has 2 aliphatic heterocycles. The quantitative estimate of drug-likeness (QED) is 0.386. The van der Waals surface area contributed by atoms with Crippen LogP contribution < -0.4 is 0 Å². The average Bonchev–Trinajstić information content (AvgIpc) is 3.34. The second-order valence-corrected chi connectivity index (χ2v) is 9.15. The van der Waals surface area contributed by atoms with Crippen LogP contribution >= 0.6 is 0 Å². The Morgan fingerprint density at radius 3 is 2.50 bits per heavy atom. The van der Waals surface area contributed by atoms with Gasteiger partial charge in [-0.1, -0.05) is 69.3 Å². The molecule has 2 saturated heterocycles. The monoisotopic (exact) mass is 270 g/mol. The van der Waals surface area contributed by atoms with Gasteiger partial charge in [0.1, 0.15) is 0 Å². The predicted octanol–water partition coefficient (Wildman–Crippen LogP) is 5.81. The number of unbranched alkanes of at least 4 members (excludes halogenated alkanes) is 1. The van der Waals surface area contributed by atoms with Gasteiger partial charge in [0, 0.05) is 0 Å². The van der Waals surface area contributed by atoms with E-state index in [2.05, 4.69) is 13.8 Å². The van der Waals surface area contributed by atoms with E-state index < -0.39 is 0 Å². The normalized spacial score (nSPS) is 56.1. The highest BCUT2D eigenvalue weighted by molar-refractivity contribution is 6.90. The van der Waals surface area contributed by atoms with Crippen molar-refractivity contribution < 1.29 is 0 Å². The van der Waals surface area contributed by atoms with Crippen LogP contribution in [0.2, 0.25) is 16.9 Å². The molecule has 0 nitrogen and oxygen atoms in total. The van der Waals surface area contributed by atoms with Crippen LogP contribution in [0.5, 0.6) is 0 Å². The maximum atomic E-state index is 2.41. The lowest BCUT2D eigenvalue weighted by molar-refractivity contribution is 0.0284. The fourth-order valence-electron chi connectivity index (χ4n) is 7.87. The van der Waals surface area contributed by atoms with Crippen molar-refractivity contribution in [1.82, 2.24) is 0 Å². The van der Waals surface area contributed by atoms with Crippen LogP contribution in [0.15, 0.2) is 0 Å². The molecule has 5 rings (SSSR count). The van der Waals surface area contributed by atoms with Crippen LogP contribution in [-0.2, 0) is 0 Å². The lowest BCUT2D eigenvalue weighted by Gasteiger charge is -2.47. The summed E-state index contributed by atoms with van der Waals surface area (Å²) in [5.41, 5.74) is 0.982. The minimum atomic E-state index is 0.884. The van der Waals surface area contributed by atoms with Gasteiger partial charge in [-0.25, -0.2) is 0 Å². The summed E-state index contributed by atoms with van der Waals surface area (Å²) in [6.07, 6.45) is 15.6. The first-order valence-electron chi connectivity index (χ1n) is 9.79. The van der Waals surface area contributed by atoms with Gasteiger partial charge in [-0.3, -0.25) is 0 Å². The van der Waals surface area contributed by atoms with E-state index in [0.29, 0.717) is 0 Å². The molecule has 1 spiro atoms. The highest BCUT2D eigenvalue weighted by atomic mass is 14.8. The van der Waals surface area contributed by atoms with E-state index in [1.54, 1.807) is 51.4 Å². The zero-order valence-corrected chi connectivity index (χ0v) is 13.5. The molecule has 5 fully saturated rings. The van der Waals surface area contributed by atoms with E-state index in [0.717, 1.165) is 16.5 Å². The molecule has 110 valence electrons. The van der Waals surface area contributed by atoms with Gasteiger partial charge in [0.2, 0.25) is 0 Å². The van der Waals surface area contributed by atoms with Crippen molar-refractivity contribution in [3.05, 3.63) is 0 Å². The summed E-state index contributed by atoms with van der Waals surface area (Å²) in [6, 6.07) is 0. The van der Waals surface area contributed by atoms with Crippen molar-refractivity contribution in [1.29, 1.82) is 0 Å². The smallest absolute Gasteiger partial charge is 0.0659 e. The summed E-state index contributed by atoms with van der Waals surface area (Å²) in [4.78, 5) is 0. The Bertz CT molecular complexity index is 419. The molecule has 0 N–H and O–H groups in total. The van der Waals surface area contributed by atoms with Crippen molar-refractivity contribution in [3.63, 3.8) is 0 Å². The Hall–Kier alpha value is 0.0649. The molecule has 0 bridgehead atoms. The third kappa shape index (κ3) is 1.28. The van der Waals surface area contributed by atoms with Crippen molar-refractivity contribution in [2.45, 2.75) is 95.0 Å². The molecule has 1 heteroatoms. The van der Waals surface area contributed by atoms with Gasteiger partial charge in [-0.2, -0.15) is 0 Å². The van der Waals surface area contributed by atoms with Crippen LogP contribution in [0.1, 0.15) is 78.1 Å². The maximum Gasteiger partial charge on any atom is 0.151 e. The Morgan fingerprint density at radius 1 is 1.15 bits per heavy atom. The Morgan fingerprint density at radius 2 is 2.00 bits per heavy atom. The van der Waals surface area contributed by atoms with Gasteiger partial charge in [0.15, 0.2) is 6.71 Å². The average molecular weight is 270 g/mol. The standard InChI is InChI=1S/C19H31B/c1-3-9-18(17-16(4-2)20(17)18)10-6-5-7-14-15-12-13-8-11-19(13,14)15/h13-17H,3-12H2,1-2H3. The highest BCUT2D eigenvalue weighted by Gasteiger charge is 2.82. The molecule has 7 atom stereocenters. The van der Waals surface area contributed by atoms with Crippen molar-refractivity contribution in [2.24, 2.45) is 23.2 Å². The molecule has 0 aromatic heterocycles. The van der Waals surface area contributed by atoms with Gasteiger partial charge in [0.05, 0.1) is 0 Å². The topological polar surface area (TPSA) is 0 Å². The third-order valence-electron chi connectivity index (χ3n) is 8.96. The largest absolute Gasteiger partial charge is 0.151 e. The summed E-state index contributed by atoms with van der Waals surface area (Å²) < 4.78 is 0. The molecule has 3 saturated carbocycles. The number of hydrogen-bond donors (Lipinski definition) is 0. The molecule has 0 aromatic rings. The zero-order chi connectivity index (χ0) is 13.5. The molecule has 0 aromatic carbocycles.